The van der Waals surface area contributed by atoms with Gasteiger partial charge in [0, 0.05) is 30.5 Å². The number of nitrogens with zero attached hydrogens (tertiary/aromatic N) is 1. The van der Waals surface area contributed by atoms with E-state index >= 15 is 0 Å². The van der Waals surface area contributed by atoms with Crippen LogP contribution >= 0.6 is 0 Å². The molecule has 0 radical (unpaired) electrons. The SMILES string of the molecule is CC(=O)O[C@H](C(=O)O)c1ccccc1.CN1CC[C@]23c4c5ccc(O)c4O[C@H]2C(OC(=O)[C@H](O)[C@@H](O)C(=O)Oc2ccccc2)=CC[C@@]3(O)[C@H]1C5. The number of hydrogen-bond donors (Lipinski definition) is 5. The van der Waals surface area contributed by atoms with E-state index in [2.05, 4.69) is 9.64 Å². The third-order valence-electron chi connectivity index (χ3n) is 9.93. The summed E-state index contributed by atoms with van der Waals surface area (Å²) in [5.41, 5.74) is -0.104. The first-order chi connectivity index (χ1) is 24.3. The summed E-state index contributed by atoms with van der Waals surface area (Å²) in [5, 5.41) is 52.1. The van der Waals surface area contributed by atoms with Crippen molar-refractivity contribution in [3.8, 4) is 17.2 Å². The molecule has 7 rings (SSSR count). The van der Waals surface area contributed by atoms with Crippen LogP contribution in [-0.2, 0) is 40.5 Å². The maximum Gasteiger partial charge on any atom is 0.349 e. The highest BCUT2D eigenvalue weighted by molar-refractivity contribution is 5.87. The molecule has 2 bridgehead atoms. The molecule has 7 atom stereocenters. The standard InChI is InChI=1S/C27H27NO9.C10H10O4/c1-28-12-11-26-19-14-7-8-16(29)22(19)37-23(26)17(9-10-27(26,34)18(28)13-14)36-25(33)21(31)20(30)24(32)35-15-5-3-2-4-6-15;1-7(11)14-9(10(12)13)8-5-3-2-4-6-8/h2-9,18,20-21,23,29-31,34H,10-13H2,1H3;2-6,9H,1H3,(H,12,13)/t18-,20-,21-,23+,26+,27-;9-/m10/s1. The molecular formula is C37H37NO13. The number of carbonyl (C=O) groups is 4. The smallest absolute Gasteiger partial charge is 0.349 e. The van der Waals surface area contributed by atoms with E-state index in [1.165, 1.54) is 19.1 Å². The Labute approximate surface area is 292 Å². The average Bonchev–Trinajstić information content (AvgIpc) is 3.48. The highest BCUT2D eigenvalue weighted by Crippen LogP contribution is 2.65. The maximum atomic E-state index is 12.8. The third-order valence-corrected chi connectivity index (χ3v) is 9.93. The lowest BCUT2D eigenvalue weighted by atomic mass is 9.50. The molecule has 51 heavy (non-hydrogen) atoms. The Morgan fingerprint density at radius 3 is 2.18 bits per heavy atom. The fourth-order valence-corrected chi connectivity index (χ4v) is 7.59. The first-order valence-electron chi connectivity index (χ1n) is 16.2. The number of ether oxygens (including phenoxy) is 4. The van der Waals surface area contributed by atoms with Crippen LogP contribution < -0.4 is 9.47 Å². The summed E-state index contributed by atoms with van der Waals surface area (Å²) in [4.78, 5) is 48.6. The van der Waals surface area contributed by atoms with Crippen LogP contribution in [0.25, 0.3) is 0 Å². The molecule has 1 fully saturated rings. The molecule has 3 aromatic rings. The van der Waals surface area contributed by atoms with Crippen molar-refractivity contribution in [1.29, 1.82) is 0 Å². The van der Waals surface area contributed by atoms with Crippen LogP contribution in [0.3, 0.4) is 0 Å². The second kappa shape index (κ2) is 13.8. The number of rotatable bonds is 8. The lowest BCUT2D eigenvalue weighted by Gasteiger charge is -2.61. The first-order valence-corrected chi connectivity index (χ1v) is 16.2. The molecule has 2 heterocycles. The first kappa shape index (κ1) is 35.5. The van der Waals surface area contributed by atoms with Gasteiger partial charge in [0.15, 0.2) is 29.8 Å². The van der Waals surface area contributed by atoms with Gasteiger partial charge in [-0.2, -0.15) is 0 Å². The largest absolute Gasteiger partial charge is 0.504 e. The van der Waals surface area contributed by atoms with E-state index in [0.717, 1.165) is 11.1 Å². The molecule has 5 N–H and O–H groups in total. The lowest BCUT2D eigenvalue weighted by molar-refractivity contribution is -0.177. The Morgan fingerprint density at radius 2 is 1.55 bits per heavy atom. The molecule has 2 aliphatic heterocycles. The number of carbonyl (C=O) groups excluding carboxylic acids is 3. The van der Waals surface area contributed by atoms with Crippen LogP contribution in [0.1, 0.15) is 42.6 Å². The summed E-state index contributed by atoms with van der Waals surface area (Å²) in [6, 6.07) is 19.4. The molecule has 0 saturated carbocycles. The number of carboxylic acid groups (broad SMARTS) is 1. The van der Waals surface area contributed by atoms with Crippen molar-refractivity contribution in [3.05, 3.63) is 101 Å². The molecule has 3 aromatic carbocycles. The van der Waals surface area contributed by atoms with Gasteiger partial charge in [-0.25, -0.2) is 14.4 Å². The molecule has 4 aliphatic rings. The van der Waals surface area contributed by atoms with Crippen LogP contribution in [0.15, 0.2) is 84.6 Å². The van der Waals surface area contributed by atoms with Gasteiger partial charge in [-0.1, -0.05) is 54.6 Å². The molecule has 14 nitrogen and oxygen atoms in total. The van der Waals surface area contributed by atoms with Gasteiger partial charge in [0.25, 0.3) is 0 Å². The monoisotopic (exact) mass is 703 g/mol. The summed E-state index contributed by atoms with van der Waals surface area (Å²) in [7, 11) is 1.96. The van der Waals surface area contributed by atoms with Gasteiger partial charge in [-0.05, 0) is 56.3 Å². The zero-order valence-corrected chi connectivity index (χ0v) is 27.7. The fraction of sp³-hybridized carbons (Fsp3) is 0.351. The molecule has 14 heteroatoms. The summed E-state index contributed by atoms with van der Waals surface area (Å²) >= 11 is 0. The van der Waals surface area contributed by atoms with Crippen molar-refractivity contribution in [2.24, 2.45) is 0 Å². The number of esters is 3. The Hall–Kier alpha value is -5.28. The fourth-order valence-electron chi connectivity index (χ4n) is 7.59. The number of benzene rings is 3. The molecule has 0 aromatic heterocycles. The van der Waals surface area contributed by atoms with E-state index in [-0.39, 0.29) is 35.5 Å². The maximum absolute atomic E-state index is 12.8. The minimum absolute atomic E-state index is 0.0455. The van der Waals surface area contributed by atoms with Gasteiger partial charge in [0.2, 0.25) is 6.10 Å². The number of para-hydroxylation sites is 1. The van der Waals surface area contributed by atoms with Crippen molar-refractivity contribution < 1.29 is 63.7 Å². The number of piperidine rings is 1. The van der Waals surface area contributed by atoms with Gasteiger partial charge in [-0.3, -0.25) is 4.79 Å². The van der Waals surface area contributed by atoms with Crippen LogP contribution in [0.4, 0.5) is 0 Å². The van der Waals surface area contributed by atoms with E-state index < -0.39 is 59.3 Å². The van der Waals surface area contributed by atoms with Crippen LogP contribution in [0, 0.1) is 0 Å². The van der Waals surface area contributed by atoms with Gasteiger partial charge < -0.3 is 49.4 Å². The molecular weight excluding hydrogens is 666 g/mol. The number of aliphatic carboxylic acids is 1. The molecule has 0 amide bonds. The number of carboxylic acids is 1. The van der Waals surface area contributed by atoms with Crippen molar-refractivity contribution in [3.63, 3.8) is 0 Å². The van der Waals surface area contributed by atoms with E-state index in [1.54, 1.807) is 60.7 Å². The normalized spacial score (nSPS) is 25.6. The molecule has 1 saturated heterocycles. The molecule has 0 unspecified atom stereocenters. The lowest BCUT2D eigenvalue weighted by Crippen LogP contribution is -2.74. The molecule has 268 valence electrons. The summed E-state index contributed by atoms with van der Waals surface area (Å²) in [5.74, 6) is -3.91. The number of aliphatic hydroxyl groups is 3. The second-order valence-corrected chi connectivity index (χ2v) is 12.9. The van der Waals surface area contributed by atoms with E-state index in [0.29, 0.717) is 24.9 Å². The highest BCUT2D eigenvalue weighted by atomic mass is 16.6. The van der Waals surface area contributed by atoms with Crippen molar-refractivity contribution in [2.75, 3.05) is 13.6 Å². The topological polar surface area (TPSA) is 210 Å². The summed E-state index contributed by atoms with van der Waals surface area (Å²) in [6.07, 6.45) is -3.83. The zero-order chi connectivity index (χ0) is 36.7. The number of phenols is 1. The van der Waals surface area contributed by atoms with Gasteiger partial charge in [0.05, 0.1) is 11.0 Å². The molecule has 1 spiro atoms. The van der Waals surface area contributed by atoms with Crippen LogP contribution in [0.2, 0.25) is 0 Å². The predicted molar refractivity (Wildman–Crippen MR) is 175 cm³/mol. The minimum Gasteiger partial charge on any atom is -0.504 e. The number of hydrogen-bond acceptors (Lipinski definition) is 13. The second-order valence-electron chi connectivity index (χ2n) is 12.9. The Bertz CT molecular complexity index is 1860. The summed E-state index contributed by atoms with van der Waals surface area (Å²) in [6.45, 7) is 1.83. The Kier molecular flexibility index (Phi) is 9.61. The Balaban J connectivity index is 0.000000270. The van der Waals surface area contributed by atoms with Crippen molar-refractivity contribution in [1.82, 2.24) is 4.90 Å². The predicted octanol–water partition coefficient (Wildman–Crippen LogP) is 1.92. The quantitative estimate of drug-likeness (QED) is 0.168. The highest BCUT2D eigenvalue weighted by Gasteiger charge is 2.72. The number of phenolic OH excluding ortho intramolecular Hbond substituents is 1. The van der Waals surface area contributed by atoms with Crippen molar-refractivity contribution in [2.45, 2.75) is 67.7 Å². The number of likely N-dealkylation sites (N-methyl/N-ethyl adjacent to an activating group) is 1. The van der Waals surface area contributed by atoms with Crippen LogP contribution in [0.5, 0.6) is 17.2 Å². The zero-order valence-electron chi connectivity index (χ0n) is 27.7. The Morgan fingerprint density at radius 1 is 0.922 bits per heavy atom. The van der Waals surface area contributed by atoms with E-state index in [9.17, 15) is 39.6 Å². The van der Waals surface area contributed by atoms with E-state index in [4.69, 9.17) is 19.3 Å². The van der Waals surface area contributed by atoms with Crippen molar-refractivity contribution >= 4 is 23.9 Å². The minimum atomic E-state index is -2.22. The van der Waals surface area contributed by atoms with Gasteiger partial charge >= 0.3 is 23.9 Å². The molecule has 2 aliphatic carbocycles. The number of aliphatic hydroxyl groups excluding tert-OH is 2. The van der Waals surface area contributed by atoms with E-state index in [1.807, 2.05) is 13.1 Å². The number of aromatic hydroxyl groups is 1. The average molecular weight is 704 g/mol. The van der Waals surface area contributed by atoms with Crippen LogP contribution in [-0.4, -0.2) is 97.9 Å². The third kappa shape index (κ3) is 6.20. The number of likely N-dealkylation sites (tertiary alicyclic amines) is 1. The summed E-state index contributed by atoms with van der Waals surface area (Å²) < 4.78 is 21.4. The van der Waals surface area contributed by atoms with Gasteiger partial charge in [0.1, 0.15) is 11.5 Å². The van der Waals surface area contributed by atoms with Gasteiger partial charge in [-0.15, -0.1) is 0 Å².